The van der Waals surface area contributed by atoms with Crippen LogP contribution in [0.1, 0.15) is 27.1 Å². The van der Waals surface area contributed by atoms with E-state index in [9.17, 15) is 9.59 Å². The van der Waals surface area contributed by atoms with Gasteiger partial charge >= 0.3 is 0 Å². The van der Waals surface area contributed by atoms with Gasteiger partial charge in [-0.15, -0.1) is 11.3 Å². The lowest BCUT2D eigenvalue weighted by Crippen LogP contribution is -2.09. The Morgan fingerprint density at radius 3 is 2.75 bits per heavy atom. The van der Waals surface area contributed by atoms with Gasteiger partial charge in [0.25, 0.3) is 5.91 Å². The lowest BCUT2D eigenvalue weighted by Gasteiger charge is -1.92. The molecule has 1 amide bonds. The summed E-state index contributed by atoms with van der Waals surface area (Å²) in [4.78, 5) is 26.0. The summed E-state index contributed by atoms with van der Waals surface area (Å²) in [5, 5.41) is 6.03. The Bertz CT molecular complexity index is 507. The summed E-state index contributed by atoms with van der Waals surface area (Å²) < 4.78 is 1.41. The van der Waals surface area contributed by atoms with Gasteiger partial charge in [-0.05, 0) is 0 Å². The van der Waals surface area contributed by atoms with Crippen LogP contribution in [-0.2, 0) is 0 Å². The Kier molecular flexibility index (Phi) is 2.53. The first kappa shape index (κ1) is 10.5. The molecule has 0 atom stereocenters. The summed E-state index contributed by atoms with van der Waals surface area (Å²) in [6.07, 6.45) is 2.83. The SMILES string of the molecule is CC(=O)c1nc(-n2cc(C(N)=O)cn2)cs1. The van der Waals surface area contributed by atoms with Gasteiger partial charge in [-0.25, -0.2) is 9.67 Å². The summed E-state index contributed by atoms with van der Waals surface area (Å²) in [6, 6.07) is 0. The first-order valence-electron chi connectivity index (χ1n) is 4.39. The Morgan fingerprint density at radius 2 is 2.25 bits per heavy atom. The maximum Gasteiger partial charge on any atom is 0.251 e. The minimum Gasteiger partial charge on any atom is -0.366 e. The fourth-order valence-corrected chi connectivity index (χ4v) is 1.80. The highest BCUT2D eigenvalue weighted by Crippen LogP contribution is 2.14. The van der Waals surface area contributed by atoms with Crippen LogP contribution in [-0.4, -0.2) is 26.5 Å². The molecule has 2 rings (SSSR count). The van der Waals surface area contributed by atoms with E-state index in [2.05, 4.69) is 10.1 Å². The van der Waals surface area contributed by atoms with Gasteiger partial charge in [-0.3, -0.25) is 9.59 Å². The molecule has 2 heterocycles. The quantitative estimate of drug-likeness (QED) is 0.791. The second-order valence-corrected chi connectivity index (χ2v) is 3.96. The molecule has 0 aliphatic heterocycles. The summed E-state index contributed by atoms with van der Waals surface area (Å²) in [5.74, 6) is -0.144. The number of hydrogen-bond acceptors (Lipinski definition) is 5. The number of primary amides is 1. The third-order valence-corrected chi connectivity index (χ3v) is 2.83. The van der Waals surface area contributed by atoms with Gasteiger partial charge in [-0.2, -0.15) is 5.10 Å². The number of aromatic nitrogens is 3. The predicted octanol–water partition coefficient (Wildman–Crippen LogP) is 0.630. The molecule has 82 valence electrons. The zero-order valence-electron chi connectivity index (χ0n) is 8.38. The average Bonchev–Trinajstić information content (AvgIpc) is 2.86. The third kappa shape index (κ3) is 1.84. The van der Waals surface area contributed by atoms with Crippen LogP contribution >= 0.6 is 11.3 Å². The third-order valence-electron chi connectivity index (χ3n) is 1.90. The highest BCUT2D eigenvalue weighted by atomic mass is 32.1. The van der Waals surface area contributed by atoms with Crippen molar-refractivity contribution in [3.8, 4) is 5.82 Å². The van der Waals surface area contributed by atoms with Gasteiger partial charge < -0.3 is 5.73 Å². The molecule has 2 aromatic rings. The monoisotopic (exact) mass is 236 g/mol. The van der Waals surface area contributed by atoms with E-state index < -0.39 is 5.91 Å². The number of nitrogens with zero attached hydrogens (tertiary/aromatic N) is 3. The number of carbonyl (C=O) groups is 2. The number of rotatable bonds is 3. The first-order valence-corrected chi connectivity index (χ1v) is 5.27. The normalized spacial score (nSPS) is 10.3. The van der Waals surface area contributed by atoms with Crippen LogP contribution in [0.5, 0.6) is 0 Å². The van der Waals surface area contributed by atoms with Crippen molar-refractivity contribution in [3.63, 3.8) is 0 Å². The molecule has 7 heteroatoms. The van der Waals surface area contributed by atoms with Crippen LogP contribution in [0.2, 0.25) is 0 Å². The standard InChI is InChI=1S/C9H8N4O2S/c1-5(14)9-12-7(4-16-9)13-3-6(2-11-13)8(10)15/h2-4H,1H3,(H2,10,15). The lowest BCUT2D eigenvalue weighted by molar-refractivity contribution is 0.0996. The molecule has 0 aromatic carbocycles. The molecule has 0 fully saturated rings. The fraction of sp³-hybridized carbons (Fsp3) is 0.111. The summed E-state index contributed by atoms with van der Waals surface area (Å²) in [6.45, 7) is 1.44. The number of hydrogen-bond donors (Lipinski definition) is 1. The van der Waals surface area contributed by atoms with E-state index in [0.29, 0.717) is 16.4 Å². The van der Waals surface area contributed by atoms with E-state index >= 15 is 0 Å². The van der Waals surface area contributed by atoms with Crippen molar-refractivity contribution in [2.45, 2.75) is 6.92 Å². The molecule has 0 aliphatic rings. The Balaban J connectivity index is 2.35. The summed E-state index contributed by atoms with van der Waals surface area (Å²) in [7, 11) is 0. The predicted molar refractivity (Wildman–Crippen MR) is 57.8 cm³/mol. The number of ketones is 1. The number of thiazole rings is 1. The van der Waals surface area contributed by atoms with Crippen molar-refractivity contribution in [3.05, 3.63) is 28.3 Å². The van der Waals surface area contributed by atoms with Crippen molar-refractivity contribution >= 4 is 23.0 Å². The van der Waals surface area contributed by atoms with Gasteiger partial charge in [0, 0.05) is 18.5 Å². The Morgan fingerprint density at radius 1 is 1.50 bits per heavy atom. The topological polar surface area (TPSA) is 90.9 Å². The maximum atomic E-state index is 11.0. The van der Waals surface area contributed by atoms with Gasteiger partial charge in [0.15, 0.2) is 16.6 Å². The van der Waals surface area contributed by atoms with Crippen LogP contribution in [0.25, 0.3) is 5.82 Å². The summed E-state index contributed by atoms with van der Waals surface area (Å²) in [5.41, 5.74) is 5.40. The van der Waals surface area contributed by atoms with E-state index in [1.54, 1.807) is 5.38 Å². The molecule has 0 saturated heterocycles. The number of Topliss-reactive ketones (excluding diaryl/α,β-unsaturated/α-hetero) is 1. The van der Waals surface area contributed by atoms with Crippen molar-refractivity contribution < 1.29 is 9.59 Å². The van der Waals surface area contributed by atoms with Gasteiger partial charge in [0.1, 0.15) is 0 Å². The number of amides is 1. The molecular weight excluding hydrogens is 228 g/mol. The smallest absolute Gasteiger partial charge is 0.251 e. The molecule has 0 saturated carbocycles. The molecule has 2 N–H and O–H groups in total. The zero-order valence-corrected chi connectivity index (χ0v) is 9.19. The molecule has 2 aromatic heterocycles. The largest absolute Gasteiger partial charge is 0.366 e. The molecule has 6 nitrogen and oxygen atoms in total. The van der Waals surface area contributed by atoms with Crippen LogP contribution in [0.3, 0.4) is 0 Å². The van der Waals surface area contributed by atoms with E-state index in [-0.39, 0.29) is 5.78 Å². The van der Waals surface area contributed by atoms with E-state index in [1.165, 1.54) is 35.3 Å². The van der Waals surface area contributed by atoms with Crippen molar-refractivity contribution in [2.75, 3.05) is 0 Å². The minimum absolute atomic E-state index is 0.0986. The molecule has 0 bridgehead atoms. The molecule has 0 aliphatic carbocycles. The van der Waals surface area contributed by atoms with Gasteiger partial charge in [-0.1, -0.05) is 0 Å². The number of nitrogens with two attached hydrogens (primary N) is 1. The molecule has 0 unspecified atom stereocenters. The van der Waals surface area contributed by atoms with E-state index in [4.69, 9.17) is 5.73 Å². The fourth-order valence-electron chi connectivity index (χ4n) is 1.11. The minimum atomic E-state index is -0.548. The van der Waals surface area contributed by atoms with Crippen molar-refractivity contribution in [2.24, 2.45) is 5.73 Å². The van der Waals surface area contributed by atoms with Crippen LogP contribution in [0.4, 0.5) is 0 Å². The average molecular weight is 236 g/mol. The molecule has 0 radical (unpaired) electrons. The second-order valence-electron chi connectivity index (χ2n) is 3.10. The molecule has 0 spiro atoms. The highest BCUT2D eigenvalue weighted by molar-refractivity contribution is 7.11. The molecule has 16 heavy (non-hydrogen) atoms. The second kappa shape index (κ2) is 3.86. The summed E-state index contributed by atoms with van der Waals surface area (Å²) >= 11 is 1.23. The van der Waals surface area contributed by atoms with Gasteiger partial charge in [0.05, 0.1) is 11.8 Å². The van der Waals surface area contributed by atoms with E-state index in [1.807, 2.05) is 0 Å². The van der Waals surface area contributed by atoms with Gasteiger partial charge in [0.2, 0.25) is 0 Å². The van der Waals surface area contributed by atoms with Crippen molar-refractivity contribution in [1.29, 1.82) is 0 Å². The van der Waals surface area contributed by atoms with Crippen molar-refractivity contribution in [1.82, 2.24) is 14.8 Å². The molecular formula is C9H8N4O2S. The number of carbonyl (C=O) groups excluding carboxylic acids is 2. The van der Waals surface area contributed by atoms with Crippen LogP contribution in [0, 0.1) is 0 Å². The lowest BCUT2D eigenvalue weighted by atomic mass is 10.3. The van der Waals surface area contributed by atoms with E-state index in [0.717, 1.165) is 0 Å². The van der Waals surface area contributed by atoms with Crippen LogP contribution < -0.4 is 5.73 Å². The zero-order chi connectivity index (χ0) is 11.7. The maximum absolute atomic E-state index is 11.0. The Labute approximate surface area is 94.7 Å². The Hall–Kier alpha value is -2.02. The first-order chi connectivity index (χ1) is 7.58. The van der Waals surface area contributed by atoms with Crippen LogP contribution in [0.15, 0.2) is 17.8 Å². The highest BCUT2D eigenvalue weighted by Gasteiger charge is 2.10.